The molecular formula is C13H14ClNO4S2. The number of methoxy groups -OCH3 is 1. The van der Waals surface area contributed by atoms with Gasteiger partial charge in [-0.1, -0.05) is 11.6 Å². The molecule has 114 valence electrons. The van der Waals surface area contributed by atoms with Crippen molar-refractivity contribution in [2.75, 3.05) is 11.8 Å². The number of thiophene rings is 1. The zero-order valence-electron chi connectivity index (χ0n) is 11.4. The van der Waals surface area contributed by atoms with Crippen LogP contribution in [0.15, 0.2) is 28.5 Å². The van der Waals surface area contributed by atoms with Crippen LogP contribution in [0.5, 0.6) is 5.75 Å². The maximum Gasteiger partial charge on any atom is 0.263 e. The van der Waals surface area contributed by atoms with Crippen LogP contribution >= 0.6 is 22.9 Å². The number of anilines is 1. The molecule has 5 nitrogen and oxygen atoms in total. The molecule has 0 saturated carbocycles. The van der Waals surface area contributed by atoms with Gasteiger partial charge in [0.05, 0.1) is 29.3 Å². The summed E-state index contributed by atoms with van der Waals surface area (Å²) in [6, 6.07) is 4.59. The van der Waals surface area contributed by atoms with E-state index >= 15 is 0 Å². The third-order valence-corrected chi connectivity index (χ3v) is 5.95. The Bertz CT molecular complexity index is 756. The van der Waals surface area contributed by atoms with E-state index in [4.69, 9.17) is 16.3 Å². The minimum Gasteiger partial charge on any atom is -0.495 e. The van der Waals surface area contributed by atoms with E-state index in [-0.39, 0.29) is 11.5 Å². The van der Waals surface area contributed by atoms with Crippen molar-refractivity contribution in [2.45, 2.75) is 18.4 Å². The quantitative estimate of drug-likeness (QED) is 0.871. The van der Waals surface area contributed by atoms with Crippen molar-refractivity contribution in [3.8, 4) is 5.75 Å². The maximum atomic E-state index is 12.5. The van der Waals surface area contributed by atoms with Crippen molar-refractivity contribution in [3.05, 3.63) is 39.0 Å². The van der Waals surface area contributed by atoms with E-state index in [2.05, 4.69) is 4.72 Å². The summed E-state index contributed by atoms with van der Waals surface area (Å²) in [5.41, 5.74) is 0.934. The predicted octanol–water partition coefficient (Wildman–Crippen LogP) is 3.01. The molecule has 0 unspecified atom stereocenters. The molecule has 0 radical (unpaired) electrons. The van der Waals surface area contributed by atoms with Gasteiger partial charge in [0.15, 0.2) is 0 Å². The fraction of sp³-hybridized carbons (Fsp3) is 0.231. The summed E-state index contributed by atoms with van der Waals surface area (Å²) in [4.78, 5) is 0.518. The minimum atomic E-state index is -3.78. The number of aryl methyl sites for hydroxylation is 1. The van der Waals surface area contributed by atoms with Crippen molar-refractivity contribution >= 4 is 38.6 Å². The summed E-state index contributed by atoms with van der Waals surface area (Å²) in [6.07, 6.45) is 0. The monoisotopic (exact) mass is 347 g/mol. The van der Waals surface area contributed by atoms with E-state index in [0.29, 0.717) is 26.9 Å². The highest BCUT2D eigenvalue weighted by Gasteiger charge is 2.23. The molecule has 1 aromatic carbocycles. The van der Waals surface area contributed by atoms with Gasteiger partial charge < -0.3 is 9.84 Å². The predicted molar refractivity (Wildman–Crippen MR) is 83.8 cm³/mol. The average Bonchev–Trinajstić information content (AvgIpc) is 2.82. The molecule has 2 N–H and O–H groups in total. The van der Waals surface area contributed by atoms with Crippen LogP contribution in [-0.2, 0) is 16.6 Å². The SMILES string of the molecule is COc1cc(NS(=O)(=O)c2c(C)csc2CO)ccc1Cl. The molecule has 0 aliphatic carbocycles. The van der Waals surface area contributed by atoms with Gasteiger partial charge in [-0.2, -0.15) is 0 Å². The summed E-state index contributed by atoms with van der Waals surface area (Å²) in [7, 11) is -2.33. The van der Waals surface area contributed by atoms with Gasteiger partial charge in [-0.25, -0.2) is 8.42 Å². The summed E-state index contributed by atoms with van der Waals surface area (Å²) in [5, 5.41) is 11.3. The van der Waals surface area contributed by atoms with Crippen LogP contribution in [0, 0.1) is 6.92 Å². The number of aliphatic hydroxyl groups excluding tert-OH is 1. The highest BCUT2D eigenvalue weighted by molar-refractivity contribution is 7.93. The number of nitrogens with one attached hydrogen (secondary N) is 1. The number of hydrogen-bond acceptors (Lipinski definition) is 5. The van der Waals surface area contributed by atoms with Crippen molar-refractivity contribution in [1.29, 1.82) is 0 Å². The number of rotatable bonds is 5. The average molecular weight is 348 g/mol. The number of benzene rings is 1. The Labute approximate surface area is 132 Å². The molecule has 0 amide bonds. The first-order valence-corrected chi connectivity index (χ1v) is 8.67. The van der Waals surface area contributed by atoms with Crippen molar-refractivity contribution in [2.24, 2.45) is 0 Å². The zero-order valence-corrected chi connectivity index (χ0v) is 13.8. The second-order valence-corrected chi connectivity index (χ2v) is 7.27. The van der Waals surface area contributed by atoms with E-state index in [0.717, 1.165) is 0 Å². The van der Waals surface area contributed by atoms with Crippen LogP contribution in [0.25, 0.3) is 0 Å². The Balaban J connectivity index is 2.40. The van der Waals surface area contributed by atoms with Crippen molar-refractivity contribution in [1.82, 2.24) is 0 Å². The third kappa shape index (κ3) is 3.32. The summed E-state index contributed by atoms with van der Waals surface area (Å²) in [5.74, 6) is 0.376. The number of aliphatic hydroxyl groups is 1. The fourth-order valence-corrected chi connectivity index (χ4v) is 4.80. The van der Waals surface area contributed by atoms with E-state index in [1.807, 2.05) is 0 Å². The highest BCUT2D eigenvalue weighted by Crippen LogP contribution is 2.31. The Kier molecular flexibility index (Phi) is 4.77. The van der Waals surface area contributed by atoms with Gasteiger partial charge in [-0.05, 0) is 30.0 Å². The lowest BCUT2D eigenvalue weighted by atomic mass is 10.3. The molecule has 0 saturated heterocycles. The normalized spacial score (nSPS) is 11.4. The first-order chi connectivity index (χ1) is 9.89. The van der Waals surface area contributed by atoms with E-state index in [1.54, 1.807) is 24.4 Å². The molecule has 1 heterocycles. The first-order valence-electron chi connectivity index (χ1n) is 5.93. The van der Waals surface area contributed by atoms with Gasteiger partial charge in [0.25, 0.3) is 10.0 Å². The Hall–Kier alpha value is -1.28. The van der Waals surface area contributed by atoms with E-state index < -0.39 is 10.0 Å². The van der Waals surface area contributed by atoms with Gasteiger partial charge >= 0.3 is 0 Å². The summed E-state index contributed by atoms with van der Waals surface area (Å²) in [6.45, 7) is 1.37. The van der Waals surface area contributed by atoms with Gasteiger partial charge in [-0.3, -0.25) is 4.72 Å². The lowest BCUT2D eigenvalue weighted by Gasteiger charge is -2.11. The first kappa shape index (κ1) is 16.1. The zero-order chi connectivity index (χ0) is 15.6. The molecule has 0 aliphatic heterocycles. The highest BCUT2D eigenvalue weighted by atomic mass is 35.5. The van der Waals surface area contributed by atoms with Crippen LogP contribution in [-0.4, -0.2) is 20.6 Å². The molecule has 2 rings (SSSR count). The molecule has 1 aromatic heterocycles. The molecule has 2 aromatic rings. The smallest absolute Gasteiger partial charge is 0.263 e. The molecular weight excluding hydrogens is 334 g/mol. The summed E-state index contributed by atoms with van der Waals surface area (Å²) >= 11 is 7.12. The standard InChI is InChI=1S/C13H14ClNO4S2/c1-8-7-20-12(6-16)13(8)21(17,18)15-9-3-4-10(14)11(5-9)19-2/h3-5,7,15-16H,6H2,1-2H3. The largest absolute Gasteiger partial charge is 0.495 e. The summed E-state index contributed by atoms with van der Waals surface area (Å²) < 4.78 is 32.4. The van der Waals surface area contributed by atoms with Crippen LogP contribution in [0.1, 0.15) is 10.4 Å². The molecule has 0 bridgehead atoms. The maximum absolute atomic E-state index is 12.5. The molecule has 0 aliphatic rings. The lowest BCUT2D eigenvalue weighted by molar-refractivity contribution is 0.282. The van der Waals surface area contributed by atoms with Gasteiger partial charge in [0.2, 0.25) is 0 Å². The fourth-order valence-electron chi connectivity index (χ4n) is 1.89. The molecule has 0 fully saturated rings. The number of halogens is 1. The van der Waals surface area contributed by atoms with Crippen molar-refractivity contribution < 1.29 is 18.3 Å². The third-order valence-electron chi connectivity index (χ3n) is 2.81. The number of hydrogen-bond donors (Lipinski definition) is 2. The van der Waals surface area contributed by atoms with E-state index in [9.17, 15) is 13.5 Å². The van der Waals surface area contributed by atoms with Gasteiger partial charge in [-0.15, -0.1) is 11.3 Å². The lowest BCUT2D eigenvalue weighted by Crippen LogP contribution is -2.15. The Morgan fingerprint density at radius 1 is 1.43 bits per heavy atom. The van der Waals surface area contributed by atoms with Crippen LogP contribution in [0.3, 0.4) is 0 Å². The van der Waals surface area contributed by atoms with Crippen molar-refractivity contribution in [3.63, 3.8) is 0 Å². The Morgan fingerprint density at radius 2 is 2.14 bits per heavy atom. The molecule has 0 atom stereocenters. The number of sulfonamides is 1. The van der Waals surface area contributed by atoms with E-state index in [1.165, 1.54) is 24.5 Å². The second-order valence-electron chi connectivity index (χ2n) is 4.28. The molecule has 21 heavy (non-hydrogen) atoms. The Morgan fingerprint density at radius 3 is 2.76 bits per heavy atom. The van der Waals surface area contributed by atoms with Crippen LogP contribution in [0.2, 0.25) is 5.02 Å². The van der Waals surface area contributed by atoms with Crippen LogP contribution < -0.4 is 9.46 Å². The number of ether oxygens (including phenoxy) is 1. The second kappa shape index (κ2) is 6.23. The van der Waals surface area contributed by atoms with Crippen LogP contribution in [0.4, 0.5) is 5.69 Å². The van der Waals surface area contributed by atoms with Gasteiger partial charge in [0, 0.05) is 6.07 Å². The minimum absolute atomic E-state index is 0.115. The topological polar surface area (TPSA) is 75.6 Å². The van der Waals surface area contributed by atoms with Gasteiger partial charge in [0.1, 0.15) is 10.6 Å². The molecule has 0 spiro atoms. The molecule has 8 heteroatoms.